The predicted molar refractivity (Wildman–Crippen MR) is 155 cm³/mol. The van der Waals surface area contributed by atoms with Crippen LogP contribution in [0.5, 0.6) is 5.88 Å². The van der Waals surface area contributed by atoms with Gasteiger partial charge in [0.2, 0.25) is 23.5 Å². The first-order valence-corrected chi connectivity index (χ1v) is 12.1. The second kappa shape index (κ2) is 12.1. The van der Waals surface area contributed by atoms with Gasteiger partial charge in [0.05, 0.1) is 19.9 Å². The molecule has 3 amide bonds. The minimum Gasteiger partial charge on any atom is -0.486 e. The number of anilines is 3. The molecule has 0 aliphatic rings. The van der Waals surface area contributed by atoms with Crippen LogP contribution < -0.4 is 20.7 Å². The molecule has 0 spiro atoms. The van der Waals surface area contributed by atoms with E-state index in [9.17, 15) is 14.4 Å². The molecule has 216 valence electrons. The Bertz CT molecular complexity index is 1790. The zero-order chi connectivity index (χ0) is 30.6. The van der Waals surface area contributed by atoms with Crippen LogP contribution in [0.2, 0.25) is 0 Å². The molecule has 0 saturated heterocycles. The van der Waals surface area contributed by atoms with Gasteiger partial charge in [-0.15, -0.1) is 0 Å². The number of fused-ring (bicyclic) bond motifs is 6. The number of nitrogens with one attached hydrogen (secondary N) is 4. The lowest BCUT2D eigenvalue weighted by Crippen LogP contribution is -2.15. The van der Waals surface area contributed by atoms with Crippen LogP contribution in [-0.2, 0) is 23.9 Å². The van der Waals surface area contributed by atoms with E-state index in [1.807, 2.05) is 0 Å². The number of nitrogens with zero attached hydrogens (tertiary/aromatic N) is 7. The Morgan fingerprint density at radius 1 is 0.714 bits per heavy atom. The van der Waals surface area contributed by atoms with Crippen molar-refractivity contribution in [2.45, 2.75) is 27.7 Å². The van der Waals surface area contributed by atoms with Crippen molar-refractivity contribution in [3.05, 3.63) is 6.07 Å². The molecule has 0 radical (unpaired) electrons. The average molecular weight is 576 g/mol. The summed E-state index contributed by atoms with van der Waals surface area (Å²) in [6.07, 6.45) is 2.23. The number of ether oxygens (including phenoxy) is 3. The molecule has 0 aliphatic heterocycles. The fourth-order valence-electron chi connectivity index (χ4n) is 3.78. The van der Waals surface area contributed by atoms with Gasteiger partial charge in [0.15, 0.2) is 36.2 Å². The molecule has 4 aromatic rings. The number of aromatic nitrogens is 5. The molecule has 3 aromatic heterocycles. The summed E-state index contributed by atoms with van der Waals surface area (Å²) in [5, 5.41) is 15.9. The number of hydrogen-bond acceptors (Lipinski definition) is 14. The average Bonchev–Trinajstić information content (AvgIpc) is 2.90. The van der Waals surface area contributed by atoms with Gasteiger partial charge in [0, 0.05) is 33.1 Å². The second-order valence-corrected chi connectivity index (χ2v) is 8.57. The van der Waals surface area contributed by atoms with Gasteiger partial charge in [-0.3, -0.25) is 19.8 Å². The fourth-order valence-corrected chi connectivity index (χ4v) is 3.78. The van der Waals surface area contributed by atoms with E-state index in [1.54, 1.807) is 6.07 Å². The van der Waals surface area contributed by atoms with Gasteiger partial charge in [-0.05, 0) is 6.07 Å². The normalized spacial score (nSPS) is 11.3. The number of carbonyl (C=O) groups is 3. The molecule has 1 aromatic carbocycles. The Balaban J connectivity index is 2.27. The van der Waals surface area contributed by atoms with Crippen molar-refractivity contribution in [2.75, 3.05) is 30.2 Å². The third kappa shape index (κ3) is 6.14. The van der Waals surface area contributed by atoms with E-state index in [0.29, 0.717) is 5.39 Å². The van der Waals surface area contributed by atoms with Gasteiger partial charge in [0.25, 0.3) is 5.88 Å². The van der Waals surface area contributed by atoms with Gasteiger partial charge in [0.1, 0.15) is 27.6 Å². The maximum absolute atomic E-state index is 12.0. The summed E-state index contributed by atoms with van der Waals surface area (Å²) in [4.78, 5) is 67.3. The number of hydrogen-bond donors (Lipinski definition) is 4. The lowest BCUT2D eigenvalue weighted by molar-refractivity contribution is -0.115. The van der Waals surface area contributed by atoms with Crippen molar-refractivity contribution in [2.24, 2.45) is 9.98 Å². The van der Waals surface area contributed by atoms with E-state index in [1.165, 1.54) is 41.9 Å². The summed E-state index contributed by atoms with van der Waals surface area (Å²) in [5.74, 6) is -1.75. The molecule has 17 heteroatoms. The highest BCUT2D eigenvalue weighted by molar-refractivity contribution is 6.21. The number of pyridine rings is 1. The number of methoxy groups -OCH3 is 2. The molecule has 17 nitrogen and oxygen atoms in total. The molecule has 0 saturated carbocycles. The summed E-state index contributed by atoms with van der Waals surface area (Å²) < 4.78 is 15.4. The first-order valence-electron chi connectivity index (χ1n) is 12.1. The number of benzene rings is 1. The standard InChI is InChI=1S/C25H25N11O6/c1-10(26)42-25-24(28-9-41-6)35-20-18-16(33-22(30-12(3)38)23(34-18)31-13(4)39)14-7-15(29-11(2)37)21(27-8-40-5)32-17(14)19(20)36-25/h7-9,26H,1-6H3,(H,29,37)(H,30,33,38)(H,31,34,39). The molecule has 0 aliphatic carbocycles. The highest BCUT2D eigenvalue weighted by atomic mass is 16.5. The Morgan fingerprint density at radius 2 is 1.19 bits per heavy atom. The van der Waals surface area contributed by atoms with Gasteiger partial charge in [-0.1, -0.05) is 0 Å². The number of amides is 3. The summed E-state index contributed by atoms with van der Waals surface area (Å²) in [7, 11) is 2.78. The van der Waals surface area contributed by atoms with Crippen molar-refractivity contribution < 1.29 is 28.6 Å². The number of rotatable bonds is 8. The number of aliphatic imine (C=N–C) groups is 2. The van der Waals surface area contributed by atoms with E-state index in [4.69, 9.17) is 19.6 Å². The molecule has 3 heterocycles. The SMILES string of the molecule is COC=Nc1nc2c(cc1NC(C)=O)c1nc(NC(C)=O)c(NC(C)=O)nc1c1nc(N=COC)c(OC(C)=N)nc21. The van der Waals surface area contributed by atoms with E-state index in [2.05, 4.69) is 50.9 Å². The molecule has 4 N–H and O–H groups in total. The monoisotopic (exact) mass is 575 g/mol. The summed E-state index contributed by atoms with van der Waals surface area (Å²) >= 11 is 0. The lowest BCUT2D eigenvalue weighted by Gasteiger charge is -2.15. The van der Waals surface area contributed by atoms with Crippen LogP contribution in [0.15, 0.2) is 16.1 Å². The van der Waals surface area contributed by atoms with Crippen LogP contribution in [0.4, 0.5) is 29.0 Å². The smallest absolute Gasteiger partial charge is 0.267 e. The minimum atomic E-state index is -0.468. The largest absolute Gasteiger partial charge is 0.486 e. The van der Waals surface area contributed by atoms with E-state index >= 15 is 0 Å². The van der Waals surface area contributed by atoms with Crippen molar-refractivity contribution in [3.63, 3.8) is 0 Å². The summed E-state index contributed by atoms with van der Waals surface area (Å²) in [6, 6.07) is 1.55. The summed E-state index contributed by atoms with van der Waals surface area (Å²) in [6.45, 7) is 5.27. The maximum atomic E-state index is 12.0. The molecule has 0 atom stereocenters. The van der Waals surface area contributed by atoms with Gasteiger partial charge in [-0.2, -0.15) is 9.98 Å². The lowest BCUT2D eigenvalue weighted by atomic mass is 10.1. The van der Waals surface area contributed by atoms with Crippen LogP contribution in [-0.4, -0.2) is 75.6 Å². The predicted octanol–water partition coefficient (Wildman–Crippen LogP) is 2.98. The zero-order valence-electron chi connectivity index (χ0n) is 23.3. The van der Waals surface area contributed by atoms with Gasteiger partial charge >= 0.3 is 0 Å². The Morgan fingerprint density at radius 3 is 1.74 bits per heavy atom. The highest BCUT2D eigenvalue weighted by Gasteiger charge is 2.23. The van der Waals surface area contributed by atoms with Crippen molar-refractivity contribution in [1.29, 1.82) is 5.41 Å². The Hall–Kier alpha value is -5.87. The topological polar surface area (TPSA) is 228 Å². The van der Waals surface area contributed by atoms with Crippen molar-refractivity contribution in [1.82, 2.24) is 24.9 Å². The van der Waals surface area contributed by atoms with Crippen molar-refractivity contribution >= 4 is 98.3 Å². The quantitative estimate of drug-likeness (QED) is 0.136. The molecular formula is C25H25N11O6. The van der Waals surface area contributed by atoms with Crippen molar-refractivity contribution in [3.8, 4) is 5.88 Å². The molecular weight excluding hydrogens is 550 g/mol. The van der Waals surface area contributed by atoms with Gasteiger partial charge < -0.3 is 30.2 Å². The number of carbonyl (C=O) groups excluding carboxylic acids is 3. The third-order valence-corrected chi connectivity index (χ3v) is 5.16. The summed E-state index contributed by atoms with van der Waals surface area (Å²) in [5.41, 5.74) is 1.00. The van der Waals surface area contributed by atoms with Crippen LogP contribution >= 0.6 is 0 Å². The minimum absolute atomic E-state index is 0.0432. The fraction of sp³-hybridized carbons (Fsp3) is 0.240. The molecule has 0 fully saturated rings. The van der Waals surface area contributed by atoms with Crippen LogP contribution in [0.1, 0.15) is 27.7 Å². The second-order valence-electron chi connectivity index (χ2n) is 8.57. The van der Waals surface area contributed by atoms with Crippen LogP contribution in [0, 0.1) is 5.41 Å². The van der Waals surface area contributed by atoms with Crippen LogP contribution in [0.3, 0.4) is 0 Å². The first kappa shape index (κ1) is 29.1. The Labute approximate surface area is 237 Å². The zero-order valence-corrected chi connectivity index (χ0v) is 23.3. The highest BCUT2D eigenvalue weighted by Crippen LogP contribution is 2.39. The Kier molecular flexibility index (Phi) is 8.40. The van der Waals surface area contributed by atoms with E-state index in [0.717, 1.165) is 12.8 Å². The maximum Gasteiger partial charge on any atom is 0.267 e. The molecule has 42 heavy (non-hydrogen) atoms. The van der Waals surface area contributed by atoms with Gasteiger partial charge in [-0.25, -0.2) is 24.9 Å². The molecule has 0 bridgehead atoms. The van der Waals surface area contributed by atoms with E-state index in [-0.39, 0.29) is 68.3 Å². The van der Waals surface area contributed by atoms with Crippen LogP contribution in [0.25, 0.3) is 33.0 Å². The first-order chi connectivity index (χ1) is 20.0. The molecule has 4 rings (SSSR count). The van der Waals surface area contributed by atoms with E-state index < -0.39 is 17.7 Å². The third-order valence-electron chi connectivity index (χ3n) is 5.16. The molecule has 0 unspecified atom stereocenters.